The Morgan fingerprint density at radius 2 is 2.23 bits per heavy atom. The molecule has 1 N–H and O–H groups in total. The highest BCUT2D eigenvalue weighted by atomic mass is 32.1. The number of hydrogen-bond acceptors (Lipinski definition) is 4. The van der Waals surface area contributed by atoms with Crippen LogP contribution in [0.1, 0.15) is 29.4 Å². The predicted molar refractivity (Wildman–Crippen MR) is 89.6 cm³/mol. The van der Waals surface area contributed by atoms with Gasteiger partial charge < -0.3 is 5.32 Å². The van der Waals surface area contributed by atoms with Crippen LogP contribution < -0.4 is 5.32 Å². The van der Waals surface area contributed by atoms with Crippen molar-refractivity contribution < 1.29 is 9.18 Å². The maximum atomic E-state index is 11.8. The molecule has 114 valence electrons. The number of Topliss-reactive ketones (excluding diaryl/α,β-unsaturated/α-hetero) is 1. The molecule has 0 fully saturated rings. The molecule has 0 aliphatic heterocycles. The van der Waals surface area contributed by atoms with Crippen LogP contribution in [0.2, 0.25) is 0 Å². The minimum atomic E-state index is 0.0379. The molecule has 1 aromatic heterocycles. The lowest BCUT2D eigenvalue weighted by molar-refractivity contribution is 0.101. The Hall–Kier alpha value is -2.27. The maximum Gasteiger partial charge on any atom is 0.187 e. The van der Waals surface area contributed by atoms with Crippen molar-refractivity contribution >= 4 is 27.9 Å². The van der Waals surface area contributed by atoms with Gasteiger partial charge in [-0.15, -0.1) is 11.3 Å². The second kappa shape index (κ2) is 8.24. The van der Waals surface area contributed by atoms with Gasteiger partial charge in [-0.2, -0.15) is 0 Å². The van der Waals surface area contributed by atoms with E-state index in [0.717, 1.165) is 16.5 Å². The van der Waals surface area contributed by atoms with Crippen LogP contribution in [0.25, 0.3) is 0 Å². The van der Waals surface area contributed by atoms with Crippen LogP contribution in [0.15, 0.2) is 54.2 Å². The number of allylic oxidation sites excluding steroid dienone is 3. The van der Waals surface area contributed by atoms with Crippen LogP contribution in [-0.2, 0) is 6.42 Å². The van der Waals surface area contributed by atoms with Gasteiger partial charge in [0.15, 0.2) is 10.9 Å². The first kappa shape index (κ1) is 16.1. The van der Waals surface area contributed by atoms with Crippen molar-refractivity contribution in [3.63, 3.8) is 0 Å². The summed E-state index contributed by atoms with van der Waals surface area (Å²) in [4.78, 5) is 15.8. The molecule has 0 atom stereocenters. The van der Waals surface area contributed by atoms with E-state index >= 15 is 0 Å². The third kappa shape index (κ3) is 4.93. The van der Waals surface area contributed by atoms with Gasteiger partial charge in [-0.1, -0.05) is 30.4 Å². The molecule has 2 rings (SSSR count). The lowest BCUT2D eigenvalue weighted by Gasteiger charge is -2.03. The van der Waals surface area contributed by atoms with Gasteiger partial charge in [0.25, 0.3) is 0 Å². The van der Waals surface area contributed by atoms with Gasteiger partial charge in [-0.3, -0.25) is 4.79 Å². The van der Waals surface area contributed by atoms with E-state index in [2.05, 4.69) is 10.3 Å². The highest BCUT2D eigenvalue weighted by Crippen LogP contribution is 2.22. The molecule has 1 heterocycles. The van der Waals surface area contributed by atoms with Crippen molar-refractivity contribution in [1.29, 1.82) is 0 Å². The summed E-state index contributed by atoms with van der Waals surface area (Å²) >= 11 is 1.51. The predicted octanol–water partition coefficient (Wildman–Crippen LogP) is 5.06. The molecule has 2 aromatic rings. The Kier molecular flexibility index (Phi) is 6.03. The van der Waals surface area contributed by atoms with Gasteiger partial charge in [0.05, 0.1) is 12.0 Å². The van der Waals surface area contributed by atoms with Crippen LogP contribution >= 0.6 is 11.3 Å². The van der Waals surface area contributed by atoms with Crippen molar-refractivity contribution in [2.24, 2.45) is 0 Å². The zero-order chi connectivity index (χ0) is 15.8. The maximum absolute atomic E-state index is 11.8. The molecular formula is C17H17FN2OS. The van der Waals surface area contributed by atoms with E-state index in [-0.39, 0.29) is 5.78 Å². The number of nitrogens with zero attached hydrogens (tertiary/aromatic N) is 1. The number of thiazole rings is 1. The number of halogens is 1. The average Bonchev–Trinajstić information content (AvgIpc) is 2.95. The first-order chi connectivity index (χ1) is 10.7. The summed E-state index contributed by atoms with van der Waals surface area (Å²) in [6.45, 7) is 1.55. The number of rotatable bonds is 7. The number of benzene rings is 1. The lowest BCUT2D eigenvalue weighted by atomic mass is 10.1. The summed E-state index contributed by atoms with van der Waals surface area (Å²) in [5.41, 5.74) is 2.47. The van der Waals surface area contributed by atoms with Crippen LogP contribution in [0.5, 0.6) is 0 Å². The summed E-state index contributed by atoms with van der Waals surface area (Å²) in [6.07, 6.45) is 7.17. The van der Waals surface area contributed by atoms with E-state index in [9.17, 15) is 9.18 Å². The number of carbonyl (C=O) groups excluding carboxylic acids is 1. The van der Waals surface area contributed by atoms with Gasteiger partial charge in [-0.25, -0.2) is 9.37 Å². The number of carbonyl (C=O) groups is 1. The minimum absolute atomic E-state index is 0.0379. The van der Waals surface area contributed by atoms with E-state index in [1.165, 1.54) is 17.4 Å². The third-order valence-electron chi connectivity index (χ3n) is 2.93. The standard InChI is InChI=1S/C17H17FN2OS/c1-13(21)14-7-6-9-15(11-14)19-17-20-16(12-22-17)8-4-2-3-5-10-18/h2,4-7,9-12H,3,8H2,1H3,(H,19,20)/b4-2-,10-5?. The zero-order valence-electron chi connectivity index (χ0n) is 12.3. The molecule has 3 nitrogen and oxygen atoms in total. The molecule has 5 heteroatoms. The Balaban J connectivity index is 1.95. The molecule has 0 radical (unpaired) electrons. The largest absolute Gasteiger partial charge is 0.332 e. The van der Waals surface area contributed by atoms with Crippen molar-refractivity contribution in [2.45, 2.75) is 19.8 Å². The van der Waals surface area contributed by atoms with Crippen LogP contribution in [0.3, 0.4) is 0 Å². The fourth-order valence-corrected chi connectivity index (χ4v) is 2.57. The van der Waals surface area contributed by atoms with E-state index in [0.29, 0.717) is 24.7 Å². The fourth-order valence-electron chi connectivity index (χ4n) is 1.83. The van der Waals surface area contributed by atoms with E-state index in [1.54, 1.807) is 13.0 Å². The van der Waals surface area contributed by atoms with Gasteiger partial charge in [0, 0.05) is 23.1 Å². The van der Waals surface area contributed by atoms with Crippen LogP contribution in [0, 0.1) is 0 Å². The highest BCUT2D eigenvalue weighted by molar-refractivity contribution is 7.13. The molecular weight excluding hydrogens is 299 g/mol. The molecule has 1 aromatic carbocycles. The zero-order valence-corrected chi connectivity index (χ0v) is 13.1. The molecule has 0 saturated carbocycles. The molecule has 0 aliphatic rings. The summed E-state index contributed by atoms with van der Waals surface area (Å²) in [6, 6.07) is 7.34. The normalized spacial score (nSPS) is 11.4. The molecule has 0 aliphatic carbocycles. The molecule has 22 heavy (non-hydrogen) atoms. The number of ketones is 1. The Labute approximate surface area is 133 Å². The van der Waals surface area contributed by atoms with Gasteiger partial charge in [0.2, 0.25) is 0 Å². The van der Waals surface area contributed by atoms with Crippen molar-refractivity contribution in [3.8, 4) is 0 Å². The SMILES string of the molecule is CC(=O)c1cccc(Nc2nc(C/C=C\CC=CF)cs2)c1. The minimum Gasteiger partial charge on any atom is -0.332 e. The van der Waals surface area contributed by atoms with E-state index in [1.807, 2.05) is 35.7 Å². The van der Waals surface area contributed by atoms with E-state index < -0.39 is 0 Å². The Bertz CT molecular complexity index is 691. The molecule has 0 saturated heterocycles. The van der Waals surface area contributed by atoms with Crippen molar-refractivity contribution in [1.82, 2.24) is 4.98 Å². The quantitative estimate of drug-likeness (QED) is 0.573. The molecule has 0 amide bonds. The van der Waals surface area contributed by atoms with E-state index in [4.69, 9.17) is 0 Å². The first-order valence-corrected chi connectivity index (χ1v) is 7.79. The Morgan fingerprint density at radius 3 is 3.00 bits per heavy atom. The summed E-state index contributed by atoms with van der Waals surface area (Å²) in [5, 5.41) is 5.96. The fraction of sp³-hybridized carbons (Fsp3) is 0.176. The smallest absolute Gasteiger partial charge is 0.187 e. The number of nitrogens with one attached hydrogen (secondary N) is 1. The Morgan fingerprint density at radius 1 is 1.36 bits per heavy atom. The number of anilines is 2. The molecule has 0 spiro atoms. The average molecular weight is 316 g/mol. The second-order valence-corrected chi connectivity index (χ2v) is 5.54. The highest BCUT2D eigenvalue weighted by Gasteiger charge is 2.04. The van der Waals surface area contributed by atoms with Crippen molar-refractivity contribution in [3.05, 3.63) is 65.5 Å². The lowest BCUT2D eigenvalue weighted by Crippen LogP contribution is -1.95. The van der Waals surface area contributed by atoms with Crippen LogP contribution in [0.4, 0.5) is 15.2 Å². The monoisotopic (exact) mass is 316 g/mol. The van der Waals surface area contributed by atoms with Gasteiger partial charge >= 0.3 is 0 Å². The van der Waals surface area contributed by atoms with Crippen LogP contribution in [-0.4, -0.2) is 10.8 Å². The number of aromatic nitrogens is 1. The van der Waals surface area contributed by atoms with Gasteiger partial charge in [-0.05, 0) is 25.5 Å². The topological polar surface area (TPSA) is 42.0 Å². The first-order valence-electron chi connectivity index (χ1n) is 6.91. The molecule has 0 unspecified atom stereocenters. The summed E-state index contributed by atoms with van der Waals surface area (Å²) in [7, 11) is 0. The number of hydrogen-bond donors (Lipinski definition) is 1. The second-order valence-electron chi connectivity index (χ2n) is 4.68. The van der Waals surface area contributed by atoms with Crippen molar-refractivity contribution in [2.75, 3.05) is 5.32 Å². The summed E-state index contributed by atoms with van der Waals surface area (Å²) < 4.78 is 11.8. The van der Waals surface area contributed by atoms with Gasteiger partial charge in [0.1, 0.15) is 0 Å². The third-order valence-corrected chi connectivity index (χ3v) is 3.73. The summed E-state index contributed by atoms with van der Waals surface area (Å²) in [5.74, 6) is 0.0379. The molecule has 0 bridgehead atoms.